The molecular formula is C25H33N3O8. The van der Waals surface area contributed by atoms with Gasteiger partial charge < -0.3 is 24.3 Å². The van der Waals surface area contributed by atoms with Crippen LogP contribution in [-0.2, 0) is 23.8 Å². The summed E-state index contributed by atoms with van der Waals surface area (Å²) in [5, 5.41) is 14.6. The van der Waals surface area contributed by atoms with E-state index in [2.05, 4.69) is 10.2 Å². The molecule has 3 rings (SSSR count). The normalized spacial score (nSPS) is 17.0. The Morgan fingerprint density at radius 2 is 1.69 bits per heavy atom. The number of dihydropyridines is 1. The highest BCUT2D eigenvalue weighted by molar-refractivity contribution is 6.00. The van der Waals surface area contributed by atoms with Crippen LogP contribution in [0.15, 0.2) is 40.7 Å². The Morgan fingerprint density at radius 3 is 2.25 bits per heavy atom. The van der Waals surface area contributed by atoms with Crippen LogP contribution in [0.5, 0.6) is 5.75 Å². The molecule has 0 aliphatic carbocycles. The second-order valence-electron chi connectivity index (χ2n) is 8.61. The van der Waals surface area contributed by atoms with Gasteiger partial charge in [-0.15, -0.1) is 0 Å². The highest BCUT2D eigenvalue weighted by Crippen LogP contribution is 2.44. The van der Waals surface area contributed by atoms with Crippen LogP contribution in [-0.4, -0.2) is 75.4 Å². The largest absolute Gasteiger partial charge is 0.493 e. The molecular weight excluding hydrogens is 470 g/mol. The predicted molar refractivity (Wildman–Crippen MR) is 130 cm³/mol. The predicted octanol–water partition coefficient (Wildman–Crippen LogP) is 2.67. The summed E-state index contributed by atoms with van der Waals surface area (Å²) < 4.78 is 21.4. The van der Waals surface area contributed by atoms with Crippen LogP contribution in [0.1, 0.15) is 38.2 Å². The Balaban J connectivity index is 1.93. The third-order valence-corrected chi connectivity index (χ3v) is 6.32. The van der Waals surface area contributed by atoms with E-state index in [0.29, 0.717) is 29.3 Å². The lowest BCUT2D eigenvalue weighted by molar-refractivity contribution is -0.384. The van der Waals surface area contributed by atoms with Crippen molar-refractivity contribution in [2.45, 2.75) is 32.6 Å². The third kappa shape index (κ3) is 6.21. The molecule has 0 saturated carbocycles. The summed E-state index contributed by atoms with van der Waals surface area (Å²) in [4.78, 5) is 39.0. The third-order valence-electron chi connectivity index (χ3n) is 6.32. The standard InChI is InChI=1S/C25H33N3O8/c1-16-21(24(29)33-3)23(22(17(2)26-16)25(30)34-4)19-15-18(28(31)32)7-8-20(19)36-12-6-5-9-27-10-13-35-14-11-27/h7-8,15,23,26H,5-6,9-14H2,1-4H3. The summed E-state index contributed by atoms with van der Waals surface area (Å²) in [5.74, 6) is -1.96. The van der Waals surface area contributed by atoms with Crippen LogP contribution in [0, 0.1) is 10.1 Å². The minimum absolute atomic E-state index is 0.154. The monoisotopic (exact) mass is 503 g/mol. The lowest BCUT2D eigenvalue weighted by Gasteiger charge is -2.31. The average Bonchev–Trinajstić information content (AvgIpc) is 2.87. The Kier molecular flexibility index (Phi) is 9.43. The van der Waals surface area contributed by atoms with Gasteiger partial charge in [-0.25, -0.2) is 9.59 Å². The van der Waals surface area contributed by atoms with E-state index in [-0.39, 0.29) is 16.8 Å². The number of ether oxygens (including phenoxy) is 4. The molecule has 0 radical (unpaired) electrons. The Hall–Kier alpha value is -3.44. The van der Waals surface area contributed by atoms with Gasteiger partial charge in [-0.3, -0.25) is 15.0 Å². The minimum Gasteiger partial charge on any atom is -0.493 e. The smallest absolute Gasteiger partial charge is 0.336 e. The molecule has 0 aromatic heterocycles. The van der Waals surface area contributed by atoms with Gasteiger partial charge in [0, 0.05) is 42.2 Å². The van der Waals surface area contributed by atoms with Gasteiger partial charge in [-0.1, -0.05) is 0 Å². The first-order valence-electron chi connectivity index (χ1n) is 11.8. The van der Waals surface area contributed by atoms with Gasteiger partial charge in [0.25, 0.3) is 5.69 Å². The Labute approximate surface area is 210 Å². The van der Waals surface area contributed by atoms with E-state index in [4.69, 9.17) is 18.9 Å². The molecule has 1 saturated heterocycles. The van der Waals surface area contributed by atoms with Crippen LogP contribution in [0.25, 0.3) is 0 Å². The van der Waals surface area contributed by atoms with Gasteiger partial charge in [-0.2, -0.15) is 0 Å². The van der Waals surface area contributed by atoms with Crippen molar-refractivity contribution in [2.75, 3.05) is 53.7 Å². The van der Waals surface area contributed by atoms with Crippen molar-refractivity contribution >= 4 is 17.6 Å². The topological polar surface area (TPSA) is 129 Å². The summed E-state index contributed by atoms with van der Waals surface area (Å²) in [5.41, 5.74) is 1.38. The van der Waals surface area contributed by atoms with E-state index in [1.807, 2.05) is 0 Å². The molecule has 2 aliphatic rings. The number of hydrogen-bond acceptors (Lipinski definition) is 10. The van der Waals surface area contributed by atoms with Crippen molar-refractivity contribution in [2.24, 2.45) is 0 Å². The molecule has 0 spiro atoms. The number of esters is 2. The van der Waals surface area contributed by atoms with Crippen LogP contribution >= 0.6 is 0 Å². The number of benzene rings is 1. The molecule has 0 atom stereocenters. The number of nitrogens with zero attached hydrogens (tertiary/aromatic N) is 2. The first kappa shape index (κ1) is 27.2. The van der Waals surface area contributed by atoms with Gasteiger partial charge in [0.1, 0.15) is 5.75 Å². The maximum atomic E-state index is 12.8. The highest BCUT2D eigenvalue weighted by Gasteiger charge is 2.39. The number of non-ortho nitro benzene ring substituents is 1. The molecule has 0 amide bonds. The van der Waals surface area contributed by atoms with Crippen molar-refractivity contribution in [3.8, 4) is 5.75 Å². The first-order valence-corrected chi connectivity index (χ1v) is 11.8. The summed E-state index contributed by atoms with van der Waals surface area (Å²) in [6.45, 7) is 7.96. The number of rotatable bonds is 10. The molecule has 0 unspecified atom stereocenters. The molecule has 36 heavy (non-hydrogen) atoms. The van der Waals surface area contributed by atoms with Crippen molar-refractivity contribution in [3.05, 3.63) is 56.4 Å². The average molecular weight is 504 g/mol. The number of methoxy groups -OCH3 is 2. The number of nitro benzene ring substituents is 1. The molecule has 2 aliphatic heterocycles. The van der Waals surface area contributed by atoms with Crippen molar-refractivity contribution in [1.29, 1.82) is 0 Å². The van der Waals surface area contributed by atoms with E-state index < -0.39 is 22.8 Å². The van der Waals surface area contributed by atoms with Gasteiger partial charge in [0.15, 0.2) is 0 Å². The molecule has 1 aromatic rings. The van der Waals surface area contributed by atoms with Crippen molar-refractivity contribution in [1.82, 2.24) is 10.2 Å². The molecule has 1 N–H and O–H groups in total. The molecule has 2 heterocycles. The lowest BCUT2D eigenvalue weighted by atomic mass is 9.80. The fourth-order valence-electron chi connectivity index (χ4n) is 4.52. The SMILES string of the molecule is COC(=O)C1=C(C)NC(C)=C(C(=O)OC)C1c1cc([N+](=O)[O-])ccc1OCCCCN1CCOCC1. The van der Waals surface area contributed by atoms with E-state index in [9.17, 15) is 19.7 Å². The quantitative estimate of drug-likeness (QED) is 0.220. The van der Waals surface area contributed by atoms with Gasteiger partial charge in [0.2, 0.25) is 0 Å². The zero-order chi connectivity index (χ0) is 26.2. The number of nitrogens with one attached hydrogen (secondary N) is 1. The number of allylic oxidation sites excluding steroid dienone is 2. The van der Waals surface area contributed by atoms with Crippen LogP contribution in [0.2, 0.25) is 0 Å². The highest BCUT2D eigenvalue weighted by atomic mass is 16.6. The number of unbranched alkanes of at least 4 members (excludes halogenated alkanes) is 1. The van der Waals surface area contributed by atoms with E-state index in [1.54, 1.807) is 13.8 Å². The Bertz CT molecular complexity index is 1020. The minimum atomic E-state index is -0.977. The number of morpholine rings is 1. The molecule has 196 valence electrons. The number of carbonyl (C=O) groups is 2. The number of hydrogen-bond donors (Lipinski definition) is 1. The Morgan fingerprint density at radius 1 is 1.08 bits per heavy atom. The zero-order valence-corrected chi connectivity index (χ0v) is 21.1. The van der Waals surface area contributed by atoms with Gasteiger partial charge in [-0.05, 0) is 39.3 Å². The zero-order valence-electron chi connectivity index (χ0n) is 21.1. The summed E-state index contributed by atoms with van der Waals surface area (Å²) in [6.07, 6.45) is 1.67. The van der Waals surface area contributed by atoms with E-state index >= 15 is 0 Å². The van der Waals surface area contributed by atoms with Crippen molar-refractivity contribution in [3.63, 3.8) is 0 Å². The second kappa shape index (κ2) is 12.5. The summed E-state index contributed by atoms with van der Waals surface area (Å²) >= 11 is 0. The summed E-state index contributed by atoms with van der Waals surface area (Å²) in [7, 11) is 2.48. The maximum Gasteiger partial charge on any atom is 0.336 e. The molecule has 0 bridgehead atoms. The lowest BCUT2D eigenvalue weighted by Crippen LogP contribution is -2.36. The van der Waals surface area contributed by atoms with Crippen LogP contribution in [0.3, 0.4) is 0 Å². The fraction of sp³-hybridized carbons (Fsp3) is 0.520. The molecule has 1 fully saturated rings. The maximum absolute atomic E-state index is 12.8. The van der Waals surface area contributed by atoms with Crippen LogP contribution in [0.4, 0.5) is 5.69 Å². The molecule has 1 aromatic carbocycles. The van der Waals surface area contributed by atoms with Gasteiger partial charge in [0.05, 0.1) is 56.0 Å². The first-order chi connectivity index (χ1) is 17.3. The van der Waals surface area contributed by atoms with E-state index in [0.717, 1.165) is 45.7 Å². The number of carbonyl (C=O) groups excluding carboxylic acids is 2. The van der Waals surface area contributed by atoms with Crippen LogP contribution < -0.4 is 10.1 Å². The van der Waals surface area contributed by atoms with Crippen molar-refractivity contribution < 1.29 is 33.5 Å². The molecule has 11 nitrogen and oxygen atoms in total. The molecule has 11 heteroatoms. The number of nitro groups is 1. The fourth-order valence-corrected chi connectivity index (χ4v) is 4.52. The summed E-state index contributed by atoms with van der Waals surface area (Å²) in [6, 6.07) is 4.19. The van der Waals surface area contributed by atoms with E-state index in [1.165, 1.54) is 32.4 Å². The second-order valence-corrected chi connectivity index (χ2v) is 8.61. The van der Waals surface area contributed by atoms with Gasteiger partial charge >= 0.3 is 11.9 Å².